The summed E-state index contributed by atoms with van der Waals surface area (Å²) in [7, 11) is 0. The number of rotatable bonds is 5. The molecule has 0 spiro atoms. The summed E-state index contributed by atoms with van der Waals surface area (Å²) in [6, 6.07) is 0. The van der Waals surface area contributed by atoms with Crippen LogP contribution < -0.4 is 0 Å². The van der Waals surface area contributed by atoms with Crippen LogP contribution >= 0.6 is 0 Å². The van der Waals surface area contributed by atoms with Crippen molar-refractivity contribution in [1.29, 1.82) is 0 Å². The Labute approximate surface area is 73.5 Å². The van der Waals surface area contributed by atoms with Crippen LogP contribution in [0.25, 0.3) is 0 Å². The fourth-order valence-corrected chi connectivity index (χ4v) is 0.658. The SMILES string of the molecule is O=C[C@@H](O)C(O)(O)[C@H](O)[C@H](O)CO. The zero-order valence-corrected chi connectivity index (χ0v) is 6.61. The van der Waals surface area contributed by atoms with Gasteiger partial charge in [-0.2, -0.15) is 0 Å². The minimum Gasteiger partial charge on any atom is -0.394 e. The van der Waals surface area contributed by atoms with Gasteiger partial charge in [-0.15, -0.1) is 0 Å². The highest BCUT2D eigenvalue weighted by atomic mass is 16.5. The zero-order chi connectivity index (χ0) is 10.6. The Hall–Kier alpha value is -0.570. The van der Waals surface area contributed by atoms with Crippen molar-refractivity contribution in [3.8, 4) is 0 Å². The van der Waals surface area contributed by atoms with E-state index in [2.05, 4.69) is 0 Å². The van der Waals surface area contributed by atoms with E-state index in [0.29, 0.717) is 0 Å². The van der Waals surface area contributed by atoms with Gasteiger partial charge in [0.15, 0.2) is 12.4 Å². The first-order chi connectivity index (χ1) is 5.87. The summed E-state index contributed by atoms with van der Waals surface area (Å²) >= 11 is 0. The molecule has 0 aromatic heterocycles. The lowest BCUT2D eigenvalue weighted by Gasteiger charge is -2.31. The summed E-state index contributed by atoms with van der Waals surface area (Å²) in [5, 5.41) is 52.5. The number of carbonyl (C=O) groups excluding carboxylic acids is 1. The van der Waals surface area contributed by atoms with Crippen molar-refractivity contribution in [2.24, 2.45) is 0 Å². The Morgan fingerprint density at radius 2 is 1.69 bits per heavy atom. The molecule has 3 atom stereocenters. The van der Waals surface area contributed by atoms with Crippen molar-refractivity contribution in [2.75, 3.05) is 6.61 Å². The number of aliphatic hydroxyl groups excluding tert-OH is 4. The van der Waals surface area contributed by atoms with Crippen LogP contribution in [0.15, 0.2) is 0 Å². The van der Waals surface area contributed by atoms with Gasteiger partial charge in [-0.05, 0) is 0 Å². The second-order valence-electron chi connectivity index (χ2n) is 2.56. The zero-order valence-electron chi connectivity index (χ0n) is 6.61. The van der Waals surface area contributed by atoms with Crippen LogP contribution in [-0.4, -0.2) is 67.6 Å². The standard InChI is InChI=1S/C6H12O7/c7-1-3(9)5(11)6(12,13)4(10)2-8/h2-5,7,9-13H,1H2/t3-,4-,5-/m1/s1. The molecular formula is C6H12O7. The van der Waals surface area contributed by atoms with Crippen LogP contribution in [0.1, 0.15) is 0 Å². The van der Waals surface area contributed by atoms with Crippen molar-refractivity contribution in [2.45, 2.75) is 24.1 Å². The first kappa shape index (κ1) is 12.4. The van der Waals surface area contributed by atoms with Crippen molar-refractivity contribution in [3.63, 3.8) is 0 Å². The van der Waals surface area contributed by atoms with E-state index >= 15 is 0 Å². The van der Waals surface area contributed by atoms with Crippen molar-refractivity contribution in [3.05, 3.63) is 0 Å². The molecule has 0 saturated carbocycles. The molecule has 0 aliphatic rings. The molecule has 7 nitrogen and oxygen atoms in total. The molecule has 0 aliphatic heterocycles. The molecule has 0 heterocycles. The van der Waals surface area contributed by atoms with E-state index in [0.717, 1.165) is 0 Å². The number of aldehydes is 1. The molecule has 13 heavy (non-hydrogen) atoms. The van der Waals surface area contributed by atoms with Crippen LogP contribution in [0.5, 0.6) is 0 Å². The lowest BCUT2D eigenvalue weighted by atomic mass is 10.00. The first-order valence-corrected chi connectivity index (χ1v) is 3.43. The normalized spacial score (nSPS) is 19.2. The topological polar surface area (TPSA) is 138 Å². The molecule has 0 aromatic rings. The number of carbonyl (C=O) groups is 1. The molecule has 0 saturated heterocycles. The molecule has 0 aromatic carbocycles. The van der Waals surface area contributed by atoms with Gasteiger partial charge in [0.25, 0.3) is 0 Å². The Kier molecular flexibility index (Phi) is 4.40. The monoisotopic (exact) mass is 196 g/mol. The molecule has 0 bridgehead atoms. The summed E-state index contributed by atoms with van der Waals surface area (Å²) in [4.78, 5) is 9.94. The van der Waals surface area contributed by atoms with Crippen LogP contribution in [0.4, 0.5) is 0 Å². The smallest absolute Gasteiger partial charge is 0.226 e. The maximum absolute atomic E-state index is 9.94. The fourth-order valence-electron chi connectivity index (χ4n) is 0.658. The summed E-state index contributed by atoms with van der Waals surface area (Å²) in [5.41, 5.74) is 0. The van der Waals surface area contributed by atoms with Gasteiger partial charge in [0.1, 0.15) is 12.2 Å². The van der Waals surface area contributed by atoms with Crippen LogP contribution in [-0.2, 0) is 4.79 Å². The Morgan fingerprint density at radius 3 is 2.00 bits per heavy atom. The van der Waals surface area contributed by atoms with E-state index in [-0.39, 0.29) is 6.29 Å². The molecule has 7 heteroatoms. The molecule has 0 amide bonds. The number of aliphatic hydroxyl groups is 6. The van der Waals surface area contributed by atoms with Gasteiger partial charge in [-0.25, -0.2) is 0 Å². The maximum atomic E-state index is 9.94. The molecule has 78 valence electrons. The van der Waals surface area contributed by atoms with E-state index < -0.39 is 30.7 Å². The van der Waals surface area contributed by atoms with Gasteiger partial charge in [0.05, 0.1) is 6.61 Å². The molecular weight excluding hydrogens is 184 g/mol. The van der Waals surface area contributed by atoms with E-state index in [1.54, 1.807) is 0 Å². The summed E-state index contributed by atoms with van der Waals surface area (Å²) in [5.74, 6) is -3.18. The summed E-state index contributed by atoms with van der Waals surface area (Å²) in [6.07, 6.45) is -6.57. The van der Waals surface area contributed by atoms with Crippen LogP contribution in [0.2, 0.25) is 0 Å². The summed E-state index contributed by atoms with van der Waals surface area (Å²) < 4.78 is 0. The lowest BCUT2D eigenvalue weighted by Crippen LogP contribution is -2.58. The average molecular weight is 196 g/mol. The lowest BCUT2D eigenvalue weighted by molar-refractivity contribution is -0.283. The van der Waals surface area contributed by atoms with Gasteiger partial charge in [0.2, 0.25) is 5.79 Å². The third kappa shape index (κ3) is 2.69. The van der Waals surface area contributed by atoms with E-state index in [9.17, 15) is 4.79 Å². The van der Waals surface area contributed by atoms with Gasteiger partial charge >= 0.3 is 0 Å². The fraction of sp³-hybridized carbons (Fsp3) is 0.833. The van der Waals surface area contributed by atoms with E-state index in [4.69, 9.17) is 30.6 Å². The average Bonchev–Trinajstić information content (AvgIpc) is 2.13. The van der Waals surface area contributed by atoms with Crippen LogP contribution in [0, 0.1) is 0 Å². The van der Waals surface area contributed by atoms with Crippen molar-refractivity contribution >= 4 is 6.29 Å². The third-order valence-electron chi connectivity index (χ3n) is 1.55. The quantitative estimate of drug-likeness (QED) is 0.194. The molecule has 6 N–H and O–H groups in total. The first-order valence-electron chi connectivity index (χ1n) is 3.43. The molecule has 0 unspecified atom stereocenters. The molecule has 0 fully saturated rings. The van der Waals surface area contributed by atoms with Crippen molar-refractivity contribution < 1.29 is 35.4 Å². The Bertz CT molecular complexity index is 168. The maximum Gasteiger partial charge on any atom is 0.226 e. The largest absolute Gasteiger partial charge is 0.394 e. The molecule has 0 aliphatic carbocycles. The minimum atomic E-state index is -3.18. The predicted octanol–water partition coefficient (Wildman–Crippen LogP) is -4.06. The van der Waals surface area contributed by atoms with E-state index in [1.807, 2.05) is 0 Å². The Balaban J connectivity index is 4.51. The van der Waals surface area contributed by atoms with Gasteiger partial charge in [-0.1, -0.05) is 0 Å². The number of hydrogen-bond donors (Lipinski definition) is 6. The van der Waals surface area contributed by atoms with Gasteiger partial charge in [0, 0.05) is 0 Å². The van der Waals surface area contributed by atoms with E-state index in [1.165, 1.54) is 0 Å². The third-order valence-corrected chi connectivity index (χ3v) is 1.55. The van der Waals surface area contributed by atoms with Crippen molar-refractivity contribution in [1.82, 2.24) is 0 Å². The second-order valence-corrected chi connectivity index (χ2v) is 2.56. The molecule has 0 radical (unpaired) electrons. The number of hydrogen-bond acceptors (Lipinski definition) is 7. The van der Waals surface area contributed by atoms with Gasteiger partial charge in [-0.3, -0.25) is 0 Å². The second kappa shape index (κ2) is 4.61. The van der Waals surface area contributed by atoms with Crippen LogP contribution in [0.3, 0.4) is 0 Å². The predicted molar refractivity (Wildman–Crippen MR) is 38.3 cm³/mol. The summed E-state index contributed by atoms with van der Waals surface area (Å²) in [6.45, 7) is -0.935. The minimum absolute atomic E-state index is 0.215. The Morgan fingerprint density at radius 1 is 1.23 bits per heavy atom. The van der Waals surface area contributed by atoms with Gasteiger partial charge < -0.3 is 35.4 Å². The molecule has 0 rings (SSSR count). The highest BCUT2D eigenvalue weighted by Gasteiger charge is 2.44. The highest BCUT2D eigenvalue weighted by Crippen LogP contribution is 2.14. The highest BCUT2D eigenvalue weighted by molar-refractivity contribution is 5.57.